The van der Waals surface area contributed by atoms with Crippen LogP contribution >= 0.6 is 0 Å². The number of nitrogens with one attached hydrogen (secondary N) is 1. The predicted octanol–water partition coefficient (Wildman–Crippen LogP) is 4.56. The zero-order valence-electron chi connectivity index (χ0n) is 37.3. The Hall–Kier alpha value is -4.43. The zero-order chi connectivity index (χ0) is 43.4. The number of piperidine rings is 1. The second kappa shape index (κ2) is 14.6. The van der Waals surface area contributed by atoms with Crippen LogP contribution in [0.1, 0.15) is 75.3 Å². The number of hydrogen-bond donors (Lipinski definition) is 2. The maximum absolute atomic E-state index is 15.5. The highest BCUT2D eigenvalue weighted by Gasteiger charge is 2.80. The number of carbonyl (C=O) groups excluding carboxylic acids is 3. The molecular weight excluding hydrogens is 775 g/mol. The normalized spacial score (nSPS) is 36.2. The van der Waals surface area contributed by atoms with Crippen molar-refractivity contribution in [3.63, 3.8) is 0 Å². The van der Waals surface area contributed by atoms with Crippen molar-refractivity contribution in [2.75, 3.05) is 80.1 Å². The molecule has 1 saturated carbocycles. The van der Waals surface area contributed by atoms with Gasteiger partial charge in [0, 0.05) is 96.5 Å². The number of ether oxygens (including phenoxy) is 4. The summed E-state index contributed by atoms with van der Waals surface area (Å²) in [6.07, 6.45) is 7.04. The van der Waals surface area contributed by atoms with Crippen LogP contribution in [0.15, 0.2) is 48.6 Å². The van der Waals surface area contributed by atoms with E-state index in [0.29, 0.717) is 43.7 Å². The Morgan fingerprint density at radius 3 is 2.39 bits per heavy atom. The first-order valence-corrected chi connectivity index (χ1v) is 22.1. The van der Waals surface area contributed by atoms with Gasteiger partial charge in [0.05, 0.1) is 27.4 Å². The SMILES string of the molecule is CC[C@]12C=CCN3CC[C@@]4(c5cc([C@@]6(C(=O)OC)C[C@H]7CN(CCc8c6[nH]c6ccccc86)C[C@@](CC)(N(C)C)C7)c(OC)cc5N(C)[C@H]4[C@@](O)(C(=O)OC)[C@@H]1OC(C)=O)[C@@H]32. The standard InChI is InChI=1S/C48H63N5O8/c1-10-44(50(4)5)25-30-26-47(42(55)59-8,38-32(17-21-52(27-30)28-44)31-15-12-13-16-35(31)49-38)34-23-33-36(24-37(34)58-7)51(6)40-46(33)19-22-53-20-14-18-45(11-2,39(46)53)41(61-29(3)54)48(40,57)43(56)60-9/h12-16,18,23-24,30,39-41,49,57H,10-11,17,19-22,25-28H2,1-9H3/t30-,39-,40+,41+,44-,45+,46+,47-,48-/m0/s1. The fraction of sp³-hybridized carbons (Fsp3) is 0.604. The van der Waals surface area contributed by atoms with Gasteiger partial charge in [-0.05, 0) is 88.3 Å². The molecule has 10 atom stereocenters. The molecule has 328 valence electrons. The van der Waals surface area contributed by atoms with E-state index in [0.717, 1.165) is 72.3 Å². The largest absolute Gasteiger partial charge is 0.496 e. The third kappa shape index (κ3) is 5.42. The average molecular weight is 838 g/mol. The minimum absolute atomic E-state index is 0.0912. The van der Waals surface area contributed by atoms with Crippen molar-refractivity contribution in [2.45, 2.75) is 99.5 Å². The van der Waals surface area contributed by atoms with Crippen LogP contribution in [-0.2, 0) is 45.8 Å². The summed E-state index contributed by atoms with van der Waals surface area (Å²) in [5.74, 6) is -1.21. The van der Waals surface area contributed by atoms with Gasteiger partial charge in [0.2, 0.25) is 5.60 Å². The topological polar surface area (TPSA) is 137 Å². The summed E-state index contributed by atoms with van der Waals surface area (Å²) < 4.78 is 24.2. The van der Waals surface area contributed by atoms with Gasteiger partial charge in [-0.25, -0.2) is 4.79 Å². The molecule has 3 fully saturated rings. The van der Waals surface area contributed by atoms with Crippen molar-refractivity contribution in [2.24, 2.45) is 11.3 Å². The van der Waals surface area contributed by atoms with Crippen LogP contribution in [0.4, 0.5) is 5.69 Å². The van der Waals surface area contributed by atoms with E-state index in [4.69, 9.17) is 18.9 Å². The van der Waals surface area contributed by atoms with Gasteiger partial charge in [0.1, 0.15) is 11.2 Å². The summed E-state index contributed by atoms with van der Waals surface area (Å²) in [4.78, 5) is 56.2. The molecule has 1 aromatic heterocycles. The number of rotatable bonds is 8. The minimum Gasteiger partial charge on any atom is -0.496 e. The number of anilines is 1. The van der Waals surface area contributed by atoms with E-state index < -0.39 is 45.9 Å². The molecule has 2 N–H and O–H groups in total. The van der Waals surface area contributed by atoms with E-state index in [1.54, 1.807) is 7.11 Å². The maximum atomic E-state index is 15.5. The first-order chi connectivity index (χ1) is 29.2. The fourth-order valence-corrected chi connectivity index (χ4v) is 14.1. The van der Waals surface area contributed by atoms with Gasteiger partial charge in [-0.15, -0.1) is 0 Å². The molecule has 3 aromatic rings. The van der Waals surface area contributed by atoms with Gasteiger partial charge in [-0.1, -0.05) is 44.2 Å². The number of aromatic amines is 1. The molecule has 1 unspecified atom stereocenters. The molecule has 1 spiro atoms. The van der Waals surface area contributed by atoms with Crippen LogP contribution in [0, 0.1) is 11.3 Å². The van der Waals surface area contributed by atoms with Crippen LogP contribution in [0.3, 0.4) is 0 Å². The quantitative estimate of drug-likeness (QED) is 0.187. The predicted molar refractivity (Wildman–Crippen MR) is 232 cm³/mol. The van der Waals surface area contributed by atoms with Crippen molar-refractivity contribution < 1.29 is 38.4 Å². The molecule has 9 rings (SSSR count). The number of carbonyl (C=O) groups is 3. The first kappa shape index (κ1) is 41.9. The van der Waals surface area contributed by atoms with E-state index in [9.17, 15) is 14.7 Å². The van der Waals surface area contributed by atoms with Gasteiger partial charge in [0.15, 0.2) is 6.10 Å². The lowest BCUT2D eigenvalue weighted by Crippen LogP contribution is -2.81. The monoisotopic (exact) mass is 837 g/mol. The molecular formula is C48H63N5O8. The third-order valence-corrected chi connectivity index (χ3v) is 16.5. The smallest absolute Gasteiger partial charge is 0.344 e. The summed E-state index contributed by atoms with van der Waals surface area (Å²) in [7, 11) is 10.6. The number of benzene rings is 2. The van der Waals surface area contributed by atoms with Gasteiger partial charge < -0.3 is 43.7 Å². The van der Waals surface area contributed by atoms with E-state index in [-0.39, 0.29) is 23.5 Å². The highest BCUT2D eigenvalue weighted by atomic mass is 16.6. The van der Waals surface area contributed by atoms with Crippen molar-refractivity contribution in [3.05, 3.63) is 70.9 Å². The number of hydrogen-bond acceptors (Lipinski definition) is 12. The second-order valence-electron chi connectivity index (χ2n) is 19.1. The number of para-hydroxylation sites is 1. The van der Waals surface area contributed by atoms with Gasteiger partial charge in [0.25, 0.3) is 0 Å². The van der Waals surface area contributed by atoms with E-state index in [1.807, 2.05) is 31.0 Å². The molecule has 0 radical (unpaired) electrons. The Morgan fingerprint density at radius 1 is 0.967 bits per heavy atom. The Balaban J connectivity index is 1.36. The molecule has 13 heteroatoms. The number of aliphatic hydroxyl groups is 1. The number of fused-ring (bicyclic) bond motifs is 6. The summed E-state index contributed by atoms with van der Waals surface area (Å²) in [6, 6.07) is 11.3. The molecule has 6 aliphatic rings. The second-order valence-corrected chi connectivity index (χ2v) is 19.1. The number of likely N-dealkylation sites (N-methyl/N-ethyl adjacent to an activating group) is 2. The van der Waals surface area contributed by atoms with Gasteiger partial charge >= 0.3 is 17.9 Å². The first-order valence-electron chi connectivity index (χ1n) is 22.1. The van der Waals surface area contributed by atoms with Crippen molar-refractivity contribution in [3.8, 4) is 5.75 Å². The van der Waals surface area contributed by atoms with Crippen molar-refractivity contribution in [1.29, 1.82) is 0 Å². The Bertz CT molecular complexity index is 2310. The Labute approximate surface area is 359 Å². The third-order valence-electron chi connectivity index (χ3n) is 16.5. The number of esters is 3. The molecule has 61 heavy (non-hydrogen) atoms. The average Bonchev–Trinajstić information content (AvgIpc) is 3.92. The highest BCUT2D eigenvalue weighted by molar-refractivity contribution is 5.95. The van der Waals surface area contributed by atoms with Crippen LogP contribution < -0.4 is 9.64 Å². The molecule has 5 aliphatic heterocycles. The Morgan fingerprint density at radius 2 is 1.72 bits per heavy atom. The lowest BCUT2D eigenvalue weighted by Gasteiger charge is -2.63. The fourth-order valence-electron chi connectivity index (χ4n) is 14.1. The minimum atomic E-state index is -2.28. The summed E-state index contributed by atoms with van der Waals surface area (Å²) in [5, 5.41) is 14.5. The lowest BCUT2D eigenvalue weighted by atomic mass is 9.47. The summed E-state index contributed by atoms with van der Waals surface area (Å²) in [5.41, 5.74) is -0.312. The van der Waals surface area contributed by atoms with Crippen LogP contribution in [0.25, 0.3) is 10.9 Å². The number of methoxy groups -OCH3 is 3. The highest BCUT2D eigenvalue weighted by Crippen LogP contribution is 2.68. The molecule has 1 aliphatic carbocycles. The van der Waals surface area contributed by atoms with E-state index in [2.05, 4.69) is 77.1 Å². The zero-order valence-corrected chi connectivity index (χ0v) is 37.3. The molecule has 6 heterocycles. The van der Waals surface area contributed by atoms with Crippen molar-refractivity contribution >= 4 is 34.5 Å². The lowest BCUT2D eigenvalue weighted by molar-refractivity contribution is -0.228. The summed E-state index contributed by atoms with van der Waals surface area (Å²) >= 11 is 0. The molecule has 2 bridgehead atoms. The van der Waals surface area contributed by atoms with Gasteiger partial charge in [-0.2, -0.15) is 0 Å². The maximum Gasteiger partial charge on any atom is 0.344 e. The van der Waals surface area contributed by atoms with Crippen molar-refractivity contribution in [1.82, 2.24) is 19.7 Å². The number of H-pyrrole nitrogens is 1. The Kier molecular flexibility index (Phi) is 10.0. The van der Waals surface area contributed by atoms with E-state index >= 15 is 4.79 Å². The molecule has 2 aromatic carbocycles. The van der Waals surface area contributed by atoms with E-state index in [1.165, 1.54) is 21.1 Å². The molecule has 13 nitrogen and oxygen atoms in total. The van der Waals surface area contributed by atoms with Gasteiger partial charge in [-0.3, -0.25) is 14.5 Å². The number of aromatic nitrogens is 1. The summed E-state index contributed by atoms with van der Waals surface area (Å²) in [6.45, 7) is 9.60. The number of nitrogens with zero attached hydrogens (tertiary/aromatic N) is 4. The van der Waals surface area contributed by atoms with Crippen LogP contribution in [-0.4, -0.2) is 147 Å². The van der Waals surface area contributed by atoms with Crippen LogP contribution in [0.5, 0.6) is 5.75 Å². The van der Waals surface area contributed by atoms with Crippen LogP contribution in [0.2, 0.25) is 0 Å². The molecule has 0 amide bonds. The molecule has 2 saturated heterocycles.